The van der Waals surface area contributed by atoms with E-state index in [0.29, 0.717) is 5.70 Å². The summed E-state index contributed by atoms with van der Waals surface area (Å²) >= 11 is 0. The molecule has 5 heteroatoms. The van der Waals surface area contributed by atoms with Gasteiger partial charge in [-0.25, -0.2) is 5.84 Å². The minimum absolute atomic E-state index is 0.707. The molecule has 13 heavy (non-hydrogen) atoms. The van der Waals surface area contributed by atoms with Crippen LogP contribution in [0.15, 0.2) is 23.6 Å². The number of aliphatic imine (C=N–C) groups is 1. The minimum atomic E-state index is 0.707. The van der Waals surface area contributed by atoms with Crippen LogP contribution in [0.5, 0.6) is 0 Å². The summed E-state index contributed by atoms with van der Waals surface area (Å²) < 4.78 is 1.70. The average Bonchev–Trinajstić information content (AvgIpc) is 2.47. The van der Waals surface area contributed by atoms with Crippen molar-refractivity contribution in [1.29, 1.82) is 0 Å². The predicted octanol–water partition coefficient (Wildman–Crippen LogP) is 0.225. The minimum Gasteiger partial charge on any atom is -0.319 e. The van der Waals surface area contributed by atoms with E-state index in [-0.39, 0.29) is 0 Å². The molecule has 0 unspecified atom stereocenters. The van der Waals surface area contributed by atoms with Gasteiger partial charge in [-0.2, -0.15) is 5.10 Å². The number of nitrogens with zero attached hydrogens (tertiary/aromatic N) is 4. The fourth-order valence-electron chi connectivity index (χ4n) is 0.953. The lowest BCUT2D eigenvalue weighted by Gasteiger charge is -2.05. The summed E-state index contributed by atoms with van der Waals surface area (Å²) in [6, 6.07) is 0. The fourth-order valence-corrected chi connectivity index (χ4v) is 0.953. The molecule has 0 amide bonds. The summed E-state index contributed by atoms with van der Waals surface area (Å²) in [5.41, 5.74) is 1.60. The summed E-state index contributed by atoms with van der Waals surface area (Å²) in [4.78, 5) is 3.85. The number of rotatable bonds is 3. The maximum atomic E-state index is 5.45. The molecule has 0 saturated heterocycles. The van der Waals surface area contributed by atoms with E-state index in [2.05, 4.69) is 16.8 Å². The van der Waals surface area contributed by atoms with E-state index >= 15 is 0 Å². The average molecular weight is 179 g/mol. The van der Waals surface area contributed by atoms with Crippen molar-refractivity contribution >= 4 is 12.4 Å². The maximum absolute atomic E-state index is 5.45. The maximum Gasteiger partial charge on any atom is 0.0899 e. The first kappa shape index (κ1) is 9.47. The van der Waals surface area contributed by atoms with Gasteiger partial charge >= 0.3 is 0 Å². The largest absolute Gasteiger partial charge is 0.319 e. The van der Waals surface area contributed by atoms with Gasteiger partial charge in [-0.15, -0.1) is 0 Å². The Bertz CT molecular complexity index is 323. The molecule has 0 atom stereocenters. The van der Waals surface area contributed by atoms with Crippen LogP contribution in [0.4, 0.5) is 0 Å². The predicted molar refractivity (Wildman–Crippen MR) is 52.7 cm³/mol. The molecule has 0 saturated carbocycles. The molecule has 0 spiro atoms. The molecule has 1 aromatic heterocycles. The summed E-state index contributed by atoms with van der Waals surface area (Å²) in [7, 11) is 3.57. The molecule has 0 fully saturated rings. The quantitative estimate of drug-likeness (QED) is 0.410. The molecule has 0 bridgehead atoms. The second-order valence-corrected chi connectivity index (χ2v) is 2.74. The molecule has 0 radical (unpaired) electrons. The molecule has 0 aromatic carbocycles. The van der Waals surface area contributed by atoms with Gasteiger partial charge < -0.3 is 5.01 Å². The Morgan fingerprint density at radius 3 is 2.92 bits per heavy atom. The fraction of sp³-hybridized carbons (Fsp3) is 0.250. The summed E-state index contributed by atoms with van der Waals surface area (Å²) in [5, 5.41) is 5.45. The molecular weight excluding hydrogens is 166 g/mol. The summed E-state index contributed by atoms with van der Waals surface area (Å²) in [6.07, 6.45) is 5.25. The van der Waals surface area contributed by atoms with Gasteiger partial charge in [-0.05, 0) is 6.72 Å². The van der Waals surface area contributed by atoms with Crippen LogP contribution in [0, 0.1) is 0 Å². The molecule has 0 aliphatic carbocycles. The lowest BCUT2D eigenvalue weighted by Crippen LogP contribution is -2.18. The third-order valence-corrected chi connectivity index (χ3v) is 1.50. The second-order valence-electron chi connectivity index (χ2n) is 2.74. The molecular formula is C8H13N5. The zero-order valence-electron chi connectivity index (χ0n) is 7.81. The first-order valence-electron chi connectivity index (χ1n) is 3.78. The number of hydrogen-bond acceptors (Lipinski definition) is 4. The molecule has 1 aromatic rings. The first-order chi connectivity index (χ1) is 6.13. The van der Waals surface area contributed by atoms with Crippen LogP contribution in [-0.4, -0.2) is 28.6 Å². The van der Waals surface area contributed by atoms with Gasteiger partial charge in [0.25, 0.3) is 0 Å². The standard InChI is InChI=1S/C8H13N5/c1-10-8(6-12(2)9)7-4-11-13(3)5-7/h4-6H,1,9H2,2-3H3/b8-6-. The summed E-state index contributed by atoms with van der Waals surface area (Å²) in [6.45, 7) is 3.46. The van der Waals surface area contributed by atoms with Crippen LogP contribution in [0.25, 0.3) is 5.70 Å². The van der Waals surface area contributed by atoms with Crippen molar-refractivity contribution in [3.63, 3.8) is 0 Å². The number of aromatic nitrogens is 2. The van der Waals surface area contributed by atoms with E-state index in [1.54, 1.807) is 24.1 Å². The third kappa shape index (κ3) is 2.41. The smallest absolute Gasteiger partial charge is 0.0899 e. The van der Waals surface area contributed by atoms with E-state index in [1.807, 2.05) is 13.2 Å². The van der Waals surface area contributed by atoms with Gasteiger partial charge in [0.2, 0.25) is 0 Å². The van der Waals surface area contributed by atoms with Crippen LogP contribution in [0.1, 0.15) is 5.56 Å². The monoisotopic (exact) mass is 179 g/mol. The van der Waals surface area contributed by atoms with E-state index in [0.717, 1.165) is 5.56 Å². The highest BCUT2D eigenvalue weighted by Gasteiger charge is 2.01. The third-order valence-electron chi connectivity index (χ3n) is 1.50. The highest BCUT2D eigenvalue weighted by atomic mass is 15.4. The number of hydrogen-bond donors (Lipinski definition) is 1. The Morgan fingerprint density at radius 2 is 2.54 bits per heavy atom. The zero-order chi connectivity index (χ0) is 9.84. The van der Waals surface area contributed by atoms with Gasteiger partial charge in [-0.1, -0.05) is 0 Å². The number of nitrogens with two attached hydrogens (primary N) is 1. The van der Waals surface area contributed by atoms with Crippen LogP contribution >= 0.6 is 0 Å². The molecule has 70 valence electrons. The van der Waals surface area contributed by atoms with Crippen molar-refractivity contribution in [2.24, 2.45) is 17.9 Å². The van der Waals surface area contributed by atoms with Crippen LogP contribution < -0.4 is 5.84 Å². The molecule has 2 N–H and O–H groups in total. The van der Waals surface area contributed by atoms with Crippen LogP contribution in [-0.2, 0) is 7.05 Å². The Hall–Kier alpha value is -1.62. The van der Waals surface area contributed by atoms with Gasteiger partial charge in [0.15, 0.2) is 0 Å². The Balaban J connectivity index is 2.97. The molecule has 1 rings (SSSR count). The normalized spacial score (nSPS) is 11.5. The lowest BCUT2D eigenvalue weighted by molar-refractivity contribution is 0.486. The summed E-state index contributed by atoms with van der Waals surface area (Å²) in [5.74, 6) is 5.45. The van der Waals surface area contributed by atoms with Crippen molar-refractivity contribution in [3.05, 3.63) is 24.2 Å². The number of hydrazine groups is 1. The van der Waals surface area contributed by atoms with Crippen molar-refractivity contribution in [3.8, 4) is 0 Å². The van der Waals surface area contributed by atoms with E-state index < -0.39 is 0 Å². The zero-order valence-corrected chi connectivity index (χ0v) is 7.81. The van der Waals surface area contributed by atoms with Crippen molar-refractivity contribution in [2.75, 3.05) is 7.05 Å². The molecule has 1 heterocycles. The van der Waals surface area contributed by atoms with Gasteiger partial charge in [-0.3, -0.25) is 9.67 Å². The van der Waals surface area contributed by atoms with Crippen molar-refractivity contribution in [2.45, 2.75) is 0 Å². The Kier molecular flexibility index (Phi) is 2.81. The van der Waals surface area contributed by atoms with Gasteiger partial charge in [0, 0.05) is 32.1 Å². The Morgan fingerprint density at radius 1 is 1.85 bits per heavy atom. The first-order valence-corrected chi connectivity index (χ1v) is 3.78. The highest BCUT2D eigenvalue weighted by Crippen LogP contribution is 2.13. The van der Waals surface area contributed by atoms with Crippen LogP contribution in [0.3, 0.4) is 0 Å². The second kappa shape index (κ2) is 3.86. The van der Waals surface area contributed by atoms with E-state index in [1.165, 1.54) is 5.01 Å². The van der Waals surface area contributed by atoms with Crippen molar-refractivity contribution < 1.29 is 0 Å². The lowest BCUT2D eigenvalue weighted by atomic mass is 10.3. The molecule has 0 aliphatic rings. The topological polar surface area (TPSA) is 59.4 Å². The van der Waals surface area contributed by atoms with Gasteiger partial charge in [0.05, 0.1) is 11.9 Å². The number of aryl methyl sites for hydroxylation is 1. The van der Waals surface area contributed by atoms with E-state index in [4.69, 9.17) is 5.84 Å². The van der Waals surface area contributed by atoms with Gasteiger partial charge in [0.1, 0.15) is 0 Å². The molecule has 0 aliphatic heterocycles. The van der Waals surface area contributed by atoms with E-state index in [9.17, 15) is 0 Å². The highest BCUT2D eigenvalue weighted by molar-refractivity contribution is 5.66. The molecule has 5 nitrogen and oxygen atoms in total. The Labute approximate surface area is 77.1 Å². The van der Waals surface area contributed by atoms with Crippen molar-refractivity contribution in [1.82, 2.24) is 14.8 Å². The SMILES string of the molecule is C=N/C(=C\N(C)N)c1cnn(C)c1. The van der Waals surface area contributed by atoms with Crippen LogP contribution in [0.2, 0.25) is 0 Å².